The van der Waals surface area contributed by atoms with Crippen molar-refractivity contribution < 1.29 is 12.8 Å². The maximum absolute atomic E-state index is 14.4. The van der Waals surface area contributed by atoms with E-state index in [1.165, 1.54) is 6.07 Å². The van der Waals surface area contributed by atoms with Gasteiger partial charge >= 0.3 is 0 Å². The van der Waals surface area contributed by atoms with E-state index in [0.29, 0.717) is 11.7 Å². The van der Waals surface area contributed by atoms with Crippen LogP contribution in [0.5, 0.6) is 0 Å². The molecule has 2 unspecified atom stereocenters. The van der Waals surface area contributed by atoms with E-state index in [9.17, 15) is 12.8 Å². The molecule has 2 atom stereocenters. The molecule has 2 aromatic carbocycles. The summed E-state index contributed by atoms with van der Waals surface area (Å²) in [7, 11) is -2.14. The zero-order valence-electron chi connectivity index (χ0n) is 16.1. The van der Waals surface area contributed by atoms with Gasteiger partial charge in [-0.15, -0.1) is 0 Å². The average Bonchev–Trinajstić information content (AvgIpc) is 3.12. The number of hydrogen-bond donors (Lipinski definition) is 1. The van der Waals surface area contributed by atoms with Gasteiger partial charge in [0, 0.05) is 25.0 Å². The van der Waals surface area contributed by atoms with Crippen molar-refractivity contribution in [2.75, 3.05) is 0 Å². The molecular weight excluding hydrogens is 377 g/mol. The second kappa shape index (κ2) is 8.24. The first-order valence-electron chi connectivity index (χ1n) is 9.17. The van der Waals surface area contributed by atoms with Crippen molar-refractivity contribution in [1.29, 1.82) is 0 Å². The van der Waals surface area contributed by atoms with Crippen molar-refractivity contribution in [3.8, 4) is 0 Å². The molecule has 3 aromatic rings. The molecule has 0 aliphatic heterocycles. The van der Waals surface area contributed by atoms with Crippen LogP contribution in [0.1, 0.15) is 49.2 Å². The van der Waals surface area contributed by atoms with Crippen molar-refractivity contribution >= 4 is 10.0 Å². The number of sulfonamides is 1. The van der Waals surface area contributed by atoms with Gasteiger partial charge in [0.05, 0.1) is 4.90 Å². The Hall–Kier alpha value is -2.51. The van der Waals surface area contributed by atoms with E-state index < -0.39 is 21.9 Å². The van der Waals surface area contributed by atoms with Gasteiger partial charge in [0.15, 0.2) is 0 Å². The molecule has 0 amide bonds. The second-order valence-electron chi connectivity index (χ2n) is 6.85. The smallest absolute Gasteiger partial charge is 0.241 e. The van der Waals surface area contributed by atoms with Crippen LogP contribution in [0.4, 0.5) is 4.39 Å². The Kier molecular flexibility index (Phi) is 5.96. The number of aromatic nitrogens is 2. The summed E-state index contributed by atoms with van der Waals surface area (Å²) >= 11 is 0. The van der Waals surface area contributed by atoms with Gasteiger partial charge in [-0.2, -0.15) is 4.72 Å². The summed E-state index contributed by atoms with van der Waals surface area (Å²) in [5, 5.41) is 0. The molecule has 0 bridgehead atoms. The molecule has 0 saturated heterocycles. The van der Waals surface area contributed by atoms with Gasteiger partial charge in [-0.1, -0.05) is 44.2 Å². The Morgan fingerprint density at radius 2 is 1.82 bits per heavy atom. The van der Waals surface area contributed by atoms with Gasteiger partial charge in [-0.25, -0.2) is 17.8 Å². The molecule has 1 N–H and O–H groups in total. The predicted molar refractivity (Wildman–Crippen MR) is 107 cm³/mol. The van der Waals surface area contributed by atoms with Crippen LogP contribution in [0.3, 0.4) is 0 Å². The Labute approximate surface area is 165 Å². The lowest BCUT2D eigenvalue weighted by Gasteiger charge is -2.20. The Bertz CT molecular complexity index is 1050. The number of aryl methyl sites for hydroxylation is 1. The van der Waals surface area contributed by atoms with E-state index in [1.807, 2.05) is 12.1 Å². The van der Waals surface area contributed by atoms with Gasteiger partial charge in [0.25, 0.3) is 0 Å². The summed E-state index contributed by atoms with van der Waals surface area (Å²) in [6.45, 7) is 4.18. The standard InChI is InChI=1S/C21H24FN3O2S/c1-4-15(2)16-9-11-17(12-10-16)28(26,27)24-20(21-23-13-14-25(21)3)18-7-5-6-8-19(18)22/h5-15,20,24H,4H2,1-3H3. The van der Waals surface area contributed by atoms with Crippen LogP contribution >= 0.6 is 0 Å². The fraction of sp³-hybridized carbons (Fsp3) is 0.286. The zero-order chi connectivity index (χ0) is 20.3. The number of nitrogens with zero attached hydrogens (tertiary/aromatic N) is 2. The summed E-state index contributed by atoms with van der Waals surface area (Å²) in [6, 6.07) is 12.0. The van der Waals surface area contributed by atoms with Crippen LogP contribution in [0.15, 0.2) is 65.8 Å². The Morgan fingerprint density at radius 3 is 2.39 bits per heavy atom. The van der Waals surface area contributed by atoms with Crippen molar-refractivity contribution in [2.24, 2.45) is 7.05 Å². The van der Waals surface area contributed by atoms with Crippen molar-refractivity contribution in [3.05, 3.63) is 83.7 Å². The minimum Gasteiger partial charge on any atom is -0.336 e. The highest BCUT2D eigenvalue weighted by Gasteiger charge is 2.27. The number of hydrogen-bond acceptors (Lipinski definition) is 3. The molecule has 0 radical (unpaired) electrons. The lowest BCUT2D eigenvalue weighted by molar-refractivity contribution is 0.545. The Morgan fingerprint density at radius 1 is 1.14 bits per heavy atom. The molecule has 3 rings (SSSR count). The largest absolute Gasteiger partial charge is 0.336 e. The molecule has 1 heterocycles. The minimum absolute atomic E-state index is 0.134. The lowest BCUT2D eigenvalue weighted by atomic mass is 9.99. The number of benzene rings is 2. The fourth-order valence-electron chi connectivity index (χ4n) is 3.05. The normalized spacial score (nSPS) is 14.0. The van der Waals surface area contributed by atoms with Crippen LogP contribution in [0.25, 0.3) is 0 Å². The highest BCUT2D eigenvalue weighted by atomic mass is 32.2. The monoisotopic (exact) mass is 401 g/mol. The molecular formula is C21H24FN3O2S. The van der Waals surface area contributed by atoms with Gasteiger partial charge < -0.3 is 4.57 Å². The first kappa shape index (κ1) is 20.2. The third-order valence-corrected chi connectivity index (χ3v) is 6.42. The number of nitrogens with one attached hydrogen (secondary N) is 1. The number of imidazole rings is 1. The van der Waals surface area contributed by atoms with E-state index in [-0.39, 0.29) is 10.5 Å². The van der Waals surface area contributed by atoms with E-state index >= 15 is 0 Å². The summed E-state index contributed by atoms with van der Waals surface area (Å²) in [5.74, 6) is 0.263. The molecule has 0 fully saturated rings. The number of halogens is 1. The lowest BCUT2D eigenvalue weighted by Crippen LogP contribution is -2.31. The van der Waals surface area contributed by atoms with Crippen LogP contribution in [0.2, 0.25) is 0 Å². The van der Waals surface area contributed by atoms with E-state index in [1.54, 1.807) is 54.3 Å². The SMILES string of the molecule is CCC(C)c1ccc(S(=O)(=O)NC(c2ccccc2F)c2nccn2C)cc1. The third-order valence-electron chi connectivity index (χ3n) is 4.98. The third kappa shape index (κ3) is 4.15. The molecule has 148 valence electrons. The van der Waals surface area contributed by atoms with E-state index in [2.05, 4.69) is 23.6 Å². The molecule has 28 heavy (non-hydrogen) atoms. The summed E-state index contributed by atoms with van der Waals surface area (Å²) in [5.41, 5.74) is 1.30. The van der Waals surface area contributed by atoms with Crippen LogP contribution in [-0.4, -0.2) is 18.0 Å². The molecule has 0 aliphatic carbocycles. The first-order chi connectivity index (χ1) is 13.3. The molecule has 7 heteroatoms. The van der Waals surface area contributed by atoms with Crippen molar-refractivity contribution in [1.82, 2.24) is 14.3 Å². The summed E-state index contributed by atoms with van der Waals surface area (Å²) in [6.07, 6.45) is 4.22. The maximum Gasteiger partial charge on any atom is 0.241 e. The molecule has 0 saturated carbocycles. The van der Waals surface area contributed by atoms with Gasteiger partial charge in [-0.3, -0.25) is 0 Å². The van der Waals surface area contributed by atoms with E-state index in [4.69, 9.17) is 0 Å². The molecule has 0 aliphatic rings. The van der Waals surface area contributed by atoms with Gasteiger partial charge in [-0.05, 0) is 36.1 Å². The predicted octanol–water partition coefficient (Wildman–Crippen LogP) is 4.14. The van der Waals surface area contributed by atoms with Crippen LogP contribution in [0, 0.1) is 5.82 Å². The van der Waals surface area contributed by atoms with Gasteiger partial charge in [0.2, 0.25) is 10.0 Å². The molecule has 5 nitrogen and oxygen atoms in total. The topological polar surface area (TPSA) is 64.0 Å². The van der Waals surface area contributed by atoms with Crippen LogP contribution < -0.4 is 4.72 Å². The quantitative estimate of drug-likeness (QED) is 0.647. The van der Waals surface area contributed by atoms with Crippen molar-refractivity contribution in [2.45, 2.75) is 37.1 Å². The molecule has 0 spiro atoms. The second-order valence-corrected chi connectivity index (χ2v) is 8.56. The Balaban J connectivity index is 1.98. The average molecular weight is 402 g/mol. The number of rotatable bonds is 7. The highest BCUT2D eigenvalue weighted by Crippen LogP contribution is 2.26. The fourth-order valence-corrected chi connectivity index (χ4v) is 4.23. The first-order valence-corrected chi connectivity index (χ1v) is 10.7. The zero-order valence-corrected chi connectivity index (χ0v) is 16.9. The maximum atomic E-state index is 14.4. The van der Waals surface area contributed by atoms with Crippen LogP contribution in [-0.2, 0) is 17.1 Å². The summed E-state index contributed by atoms with van der Waals surface area (Å²) < 4.78 is 44.8. The highest BCUT2D eigenvalue weighted by molar-refractivity contribution is 7.89. The van der Waals surface area contributed by atoms with Crippen molar-refractivity contribution in [3.63, 3.8) is 0 Å². The minimum atomic E-state index is -3.89. The molecule has 1 aromatic heterocycles. The van der Waals surface area contributed by atoms with Gasteiger partial charge in [0.1, 0.15) is 17.7 Å². The summed E-state index contributed by atoms with van der Waals surface area (Å²) in [4.78, 5) is 4.36. The van der Waals surface area contributed by atoms with E-state index in [0.717, 1.165) is 12.0 Å².